The second kappa shape index (κ2) is 5.46. The van der Waals surface area contributed by atoms with Gasteiger partial charge in [0.05, 0.1) is 5.69 Å². The number of nitrogens with zero attached hydrogens (tertiary/aromatic N) is 4. The maximum absolute atomic E-state index is 5.75. The molecule has 0 spiro atoms. The standard InChI is InChI=1S/C15H19N5/c1-19-7-9-20(10-8-19)15-11-12(5-6-17-15)13-3-2-4-14(16)18-13/h2-6,11H,7-10H2,1H3,(H2,16,18). The van der Waals surface area contributed by atoms with E-state index in [4.69, 9.17) is 5.73 Å². The Bertz CT molecular complexity index is 590. The molecule has 20 heavy (non-hydrogen) atoms. The molecular weight excluding hydrogens is 250 g/mol. The topological polar surface area (TPSA) is 58.3 Å². The first-order valence-electron chi connectivity index (χ1n) is 6.85. The van der Waals surface area contributed by atoms with E-state index in [0.29, 0.717) is 5.82 Å². The number of nitrogen functional groups attached to an aromatic ring is 1. The molecule has 5 nitrogen and oxygen atoms in total. The van der Waals surface area contributed by atoms with Gasteiger partial charge in [0.25, 0.3) is 0 Å². The molecule has 2 aromatic rings. The third-order valence-electron chi connectivity index (χ3n) is 3.64. The van der Waals surface area contributed by atoms with Crippen LogP contribution in [0.1, 0.15) is 0 Å². The summed E-state index contributed by atoms with van der Waals surface area (Å²) >= 11 is 0. The molecule has 0 aromatic carbocycles. The summed E-state index contributed by atoms with van der Waals surface area (Å²) in [7, 11) is 2.15. The van der Waals surface area contributed by atoms with E-state index in [2.05, 4.69) is 32.9 Å². The molecule has 1 aliphatic heterocycles. The molecule has 1 saturated heterocycles. The summed E-state index contributed by atoms with van der Waals surface area (Å²) in [6.07, 6.45) is 1.84. The van der Waals surface area contributed by atoms with Gasteiger partial charge in [-0.2, -0.15) is 0 Å². The molecule has 1 fully saturated rings. The predicted molar refractivity (Wildman–Crippen MR) is 81.6 cm³/mol. The highest BCUT2D eigenvalue weighted by molar-refractivity contribution is 5.64. The van der Waals surface area contributed by atoms with Crippen molar-refractivity contribution in [3.8, 4) is 11.3 Å². The molecule has 0 saturated carbocycles. The van der Waals surface area contributed by atoms with Gasteiger partial charge in [0.2, 0.25) is 0 Å². The van der Waals surface area contributed by atoms with Crippen molar-refractivity contribution >= 4 is 11.6 Å². The smallest absolute Gasteiger partial charge is 0.129 e. The Balaban J connectivity index is 1.86. The summed E-state index contributed by atoms with van der Waals surface area (Å²) in [5.74, 6) is 1.56. The van der Waals surface area contributed by atoms with Crippen molar-refractivity contribution in [2.45, 2.75) is 0 Å². The van der Waals surface area contributed by atoms with Gasteiger partial charge in [-0.05, 0) is 31.3 Å². The molecule has 2 N–H and O–H groups in total. The molecule has 3 rings (SSSR count). The highest BCUT2D eigenvalue weighted by Gasteiger charge is 2.15. The lowest BCUT2D eigenvalue weighted by molar-refractivity contribution is 0.312. The summed E-state index contributed by atoms with van der Waals surface area (Å²) in [4.78, 5) is 13.5. The van der Waals surface area contributed by atoms with E-state index < -0.39 is 0 Å². The van der Waals surface area contributed by atoms with Crippen molar-refractivity contribution in [2.24, 2.45) is 0 Å². The minimum Gasteiger partial charge on any atom is -0.384 e. The number of hydrogen-bond donors (Lipinski definition) is 1. The number of likely N-dealkylation sites (N-methyl/N-ethyl adjacent to an activating group) is 1. The van der Waals surface area contributed by atoms with Crippen molar-refractivity contribution in [2.75, 3.05) is 43.9 Å². The van der Waals surface area contributed by atoms with Gasteiger partial charge in [-0.3, -0.25) is 0 Å². The molecule has 0 aliphatic carbocycles. The lowest BCUT2D eigenvalue weighted by Gasteiger charge is -2.33. The Kier molecular flexibility index (Phi) is 3.52. The molecule has 0 bridgehead atoms. The molecule has 104 valence electrons. The zero-order valence-electron chi connectivity index (χ0n) is 11.7. The van der Waals surface area contributed by atoms with Gasteiger partial charge >= 0.3 is 0 Å². The van der Waals surface area contributed by atoms with Crippen molar-refractivity contribution in [3.05, 3.63) is 36.5 Å². The van der Waals surface area contributed by atoms with Gasteiger partial charge in [0, 0.05) is 37.9 Å². The van der Waals surface area contributed by atoms with E-state index in [0.717, 1.165) is 43.3 Å². The van der Waals surface area contributed by atoms with Gasteiger partial charge in [0.1, 0.15) is 11.6 Å². The van der Waals surface area contributed by atoms with E-state index in [1.807, 2.05) is 24.4 Å². The molecule has 5 heteroatoms. The first-order chi connectivity index (χ1) is 9.72. The summed E-state index contributed by atoms with van der Waals surface area (Å²) in [5, 5.41) is 0. The van der Waals surface area contributed by atoms with Crippen LogP contribution in [0.5, 0.6) is 0 Å². The largest absolute Gasteiger partial charge is 0.384 e. The van der Waals surface area contributed by atoms with Crippen LogP contribution in [0.15, 0.2) is 36.5 Å². The van der Waals surface area contributed by atoms with E-state index in [1.165, 1.54) is 0 Å². The summed E-state index contributed by atoms with van der Waals surface area (Å²) in [5.41, 5.74) is 7.70. The molecule has 1 aliphatic rings. The zero-order chi connectivity index (χ0) is 13.9. The van der Waals surface area contributed by atoms with E-state index in [1.54, 1.807) is 6.07 Å². The second-order valence-electron chi connectivity index (χ2n) is 5.14. The van der Waals surface area contributed by atoms with Crippen LogP contribution >= 0.6 is 0 Å². The average molecular weight is 269 g/mol. The third-order valence-corrected chi connectivity index (χ3v) is 3.64. The molecule has 0 radical (unpaired) electrons. The van der Waals surface area contributed by atoms with E-state index >= 15 is 0 Å². The summed E-state index contributed by atoms with van der Waals surface area (Å²) < 4.78 is 0. The number of hydrogen-bond acceptors (Lipinski definition) is 5. The normalized spacial score (nSPS) is 16.4. The van der Waals surface area contributed by atoms with Gasteiger partial charge in [-0.1, -0.05) is 6.07 Å². The van der Waals surface area contributed by atoms with Crippen LogP contribution in [0.2, 0.25) is 0 Å². The molecular formula is C15H19N5. The third kappa shape index (κ3) is 2.72. The monoisotopic (exact) mass is 269 g/mol. The summed E-state index contributed by atoms with van der Waals surface area (Å²) in [6, 6.07) is 9.76. The van der Waals surface area contributed by atoms with E-state index in [-0.39, 0.29) is 0 Å². The molecule has 3 heterocycles. The average Bonchev–Trinajstić information content (AvgIpc) is 2.48. The van der Waals surface area contributed by atoms with Gasteiger partial charge in [-0.25, -0.2) is 9.97 Å². The second-order valence-corrected chi connectivity index (χ2v) is 5.14. The Labute approximate surface area is 119 Å². The molecule has 0 atom stereocenters. The number of pyridine rings is 2. The Hall–Kier alpha value is -2.14. The number of aromatic nitrogens is 2. The Morgan fingerprint density at radius 3 is 2.65 bits per heavy atom. The fraction of sp³-hybridized carbons (Fsp3) is 0.333. The number of piperazine rings is 1. The first kappa shape index (κ1) is 12.9. The van der Waals surface area contributed by atoms with Crippen LogP contribution in [-0.4, -0.2) is 48.1 Å². The zero-order valence-corrected chi connectivity index (χ0v) is 11.7. The minimum absolute atomic E-state index is 0.542. The van der Waals surface area contributed by atoms with Crippen LogP contribution < -0.4 is 10.6 Å². The number of nitrogens with two attached hydrogens (primary N) is 1. The highest BCUT2D eigenvalue weighted by Crippen LogP contribution is 2.22. The minimum atomic E-state index is 0.542. The Morgan fingerprint density at radius 1 is 1.10 bits per heavy atom. The lowest BCUT2D eigenvalue weighted by atomic mass is 10.1. The van der Waals surface area contributed by atoms with Crippen molar-refractivity contribution in [1.82, 2.24) is 14.9 Å². The lowest BCUT2D eigenvalue weighted by Crippen LogP contribution is -2.44. The first-order valence-corrected chi connectivity index (χ1v) is 6.85. The highest BCUT2D eigenvalue weighted by atomic mass is 15.3. The molecule has 0 amide bonds. The van der Waals surface area contributed by atoms with Crippen molar-refractivity contribution < 1.29 is 0 Å². The van der Waals surface area contributed by atoms with Crippen molar-refractivity contribution in [1.29, 1.82) is 0 Å². The summed E-state index contributed by atoms with van der Waals surface area (Å²) in [6.45, 7) is 4.17. The van der Waals surface area contributed by atoms with Gasteiger partial charge < -0.3 is 15.5 Å². The maximum atomic E-state index is 5.75. The quantitative estimate of drug-likeness (QED) is 0.895. The fourth-order valence-corrected chi connectivity index (χ4v) is 2.40. The van der Waals surface area contributed by atoms with Crippen molar-refractivity contribution in [3.63, 3.8) is 0 Å². The molecule has 2 aromatic heterocycles. The molecule has 0 unspecified atom stereocenters. The van der Waals surface area contributed by atoms with Gasteiger partial charge in [0.15, 0.2) is 0 Å². The number of rotatable bonds is 2. The Morgan fingerprint density at radius 2 is 1.90 bits per heavy atom. The van der Waals surface area contributed by atoms with Crippen LogP contribution in [0.4, 0.5) is 11.6 Å². The van der Waals surface area contributed by atoms with Crippen LogP contribution in [0.3, 0.4) is 0 Å². The maximum Gasteiger partial charge on any atom is 0.129 e. The fourth-order valence-electron chi connectivity index (χ4n) is 2.40. The van der Waals surface area contributed by atoms with Crippen LogP contribution in [-0.2, 0) is 0 Å². The number of anilines is 2. The van der Waals surface area contributed by atoms with Gasteiger partial charge in [-0.15, -0.1) is 0 Å². The van der Waals surface area contributed by atoms with Crippen LogP contribution in [0, 0.1) is 0 Å². The van der Waals surface area contributed by atoms with E-state index in [9.17, 15) is 0 Å². The predicted octanol–water partition coefficient (Wildman–Crippen LogP) is 1.48. The SMILES string of the molecule is CN1CCN(c2cc(-c3cccc(N)n3)ccn2)CC1. The van der Waals surface area contributed by atoms with Crippen LogP contribution in [0.25, 0.3) is 11.3 Å².